The molecule has 0 atom stereocenters. The van der Waals surface area contributed by atoms with Gasteiger partial charge in [-0.3, -0.25) is 0 Å². The third-order valence-corrected chi connectivity index (χ3v) is 3.25. The monoisotopic (exact) mass is 313 g/mol. The predicted molar refractivity (Wildman–Crippen MR) is 87.5 cm³/mol. The Morgan fingerprint density at radius 2 is 1.65 bits per heavy atom. The Balaban J connectivity index is 1.98. The Labute approximate surface area is 135 Å². The minimum absolute atomic E-state index is 0.139. The van der Waals surface area contributed by atoms with Crippen molar-refractivity contribution in [2.45, 2.75) is 13.5 Å². The highest BCUT2D eigenvalue weighted by Gasteiger charge is 2.12. The van der Waals surface area contributed by atoms with Gasteiger partial charge in [0, 0.05) is 12.7 Å². The molecule has 2 aromatic carbocycles. The zero-order chi connectivity index (χ0) is 16.7. The molecule has 0 amide bonds. The van der Waals surface area contributed by atoms with Gasteiger partial charge in [-0.1, -0.05) is 24.3 Å². The SMILES string of the molecule is CCOC(=O)c1ccc(COC(=O)c2ccccc2NC)cc1. The lowest BCUT2D eigenvalue weighted by Crippen LogP contribution is -2.08. The maximum Gasteiger partial charge on any atom is 0.340 e. The van der Waals surface area contributed by atoms with Gasteiger partial charge in [0.05, 0.1) is 17.7 Å². The minimum Gasteiger partial charge on any atom is -0.462 e. The summed E-state index contributed by atoms with van der Waals surface area (Å²) in [6.45, 7) is 2.23. The fourth-order valence-electron chi connectivity index (χ4n) is 2.06. The van der Waals surface area contributed by atoms with Gasteiger partial charge in [-0.05, 0) is 36.8 Å². The summed E-state index contributed by atoms with van der Waals surface area (Å²) in [5.74, 6) is -0.761. The molecule has 0 saturated carbocycles. The molecule has 1 N–H and O–H groups in total. The second-order valence-corrected chi connectivity index (χ2v) is 4.79. The van der Waals surface area contributed by atoms with Crippen molar-refractivity contribution in [2.75, 3.05) is 19.0 Å². The highest BCUT2D eigenvalue weighted by atomic mass is 16.5. The van der Waals surface area contributed by atoms with Crippen molar-refractivity contribution in [1.82, 2.24) is 0 Å². The predicted octanol–water partition coefficient (Wildman–Crippen LogP) is 3.26. The summed E-state index contributed by atoms with van der Waals surface area (Å²) in [6, 6.07) is 13.9. The van der Waals surface area contributed by atoms with Crippen molar-refractivity contribution in [3.8, 4) is 0 Å². The van der Waals surface area contributed by atoms with E-state index >= 15 is 0 Å². The molecule has 0 aliphatic carbocycles. The molecule has 0 unspecified atom stereocenters. The average Bonchev–Trinajstić information content (AvgIpc) is 2.60. The number of ether oxygens (including phenoxy) is 2. The highest BCUT2D eigenvalue weighted by molar-refractivity contribution is 5.95. The number of hydrogen-bond acceptors (Lipinski definition) is 5. The highest BCUT2D eigenvalue weighted by Crippen LogP contribution is 2.16. The quantitative estimate of drug-likeness (QED) is 0.829. The van der Waals surface area contributed by atoms with Crippen LogP contribution in [0, 0.1) is 0 Å². The molecule has 0 fully saturated rings. The zero-order valence-electron chi connectivity index (χ0n) is 13.2. The standard InChI is InChI=1S/C18H19NO4/c1-3-22-17(20)14-10-8-13(9-11-14)12-23-18(21)15-6-4-5-7-16(15)19-2/h4-11,19H,3,12H2,1-2H3. The fourth-order valence-corrected chi connectivity index (χ4v) is 2.06. The van der Waals surface area contributed by atoms with Gasteiger partial charge in [-0.15, -0.1) is 0 Å². The summed E-state index contributed by atoms with van der Waals surface area (Å²) in [6.07, 6.45) is 0. The molecule has 0 saturated heterocycles. The van der Waals surface area contributed by atoms with E-state index in [1.165, 1.54) is 0 Å². The van der Waals surface area contributed by atoms with Gasteiger partial charge in [-0.2, -0.15) is 0 Å². The van der Waals surface area contributed by atoms with E-state index in [0.29, 0.717) is 17.7 Å². The van der Waals surface area contributed by atoms with Gasteiger partial charge in [-0.25, -0.2) is 9.59 Å². The summed E-state index contributed by atoms with van der Waals surface area (Å²) in [5, 5.41) is 2.95. The summed E-state index contributed by atoms with van der Waals surface area (Å²) in [7, 11) is 1.75. The van der Waals surface area contributed by atoms with Gasteiger partial charge >= 0.3 is 11.9 Å². The first kappa shape index (κ1) is 16.5. The number of carbonyl (C=O) groups excluding carboxylic acids is 2. The molecule has 0 radical (unpaired) electrons. The largest absolute Gasteiger partial charge is 0.462 e. The summed E-state index contributed by atoms with van der Waals surface area (Å²) in [4.78, 5) is 23.7. The summed E-state index contributed by atoms with van der Waals surface area (Å²) in [5.41, 5.74) is 2.48. The van der Waals surface area contributed by atoms with Crippen LogP contribution in [0.3, 0.4) is 0 Å². The van der Waals surface area contributed by atoms with E-state index in [0.717, 1.165) is 11.3 Å². The van der Waals surface area contributed by atoms with Crippen LogP contribution in [0.5, 0.6) is 0 Å². The number of benzene rings is 2. The van der Waals surface area contributed by atoms with Crippen molar-refractivity contribution in [2.24, 2.45) is 0 Å². The Morgan fingerprint density at radius 1 is 0.957 bits per heavy atom. The third-order valence-electron chi connectivity index (χ3n) is 3.25. The van der Waals surface area contributed by atoms with E-state index in [-0.39, 0.29) is 12.6 Å². The zero-order valence-corrected chi connectivity index (χ0v) is 13.2. The van der Waals surface area contributed by atoms with Gasteiger partial charge < -0.3 is 14.8 Å². The molecule has 2 rings (SSSR count). The lowest BCUT2D eigenvalue weighted by Gasteiger charge is -2.09. The topological polar surface area (TPSA) is 64.6 Å². The average molecular weight is 313 g/mol. The normalized spacial score (nSPS) is 10.0. The Hall–Kier alpha value is -2.82. The number of anilines is 1. The number of hydrogen-bond donors (Lipinski definition) is 1. The maximum absolute atomic E-state index is 12.1. The number of carbonyl (C=O) groups is 2. The maximum atomic E-state index is 12.1. The molecular formula is C18H19NO4. The third kappa shape index (κ3) is 4.32. The molecule has 23 heavy (non-hydrogen) atoms. The smallest absolute Gasteiger partial charge is 0.340 e. The number of rotatable bonds is 6. The molecule has 5 heteroatoms. The molecule has 2 aromatic rings. The van der Waals surface area contributed by atoms with Crippen LogP contribution >= 0.6 is 0 Å². The molecule has 0 aromatic heterocycles. The van der Waals surface area contributed by atoms with Gasteiger partial charge in [0.25, 0.3) is 0 Å². The van der Waals surface area contributed by atoms with E-state index in [9.17, 15) is 9.59 Å². The minimum atomic E-state index is -0.399. The second-order valence-electron chi connectivity index (χ2n) is 4.79. The van der Waals surface area contributed by atoms with Crippen LogP contribution in [-0.2, 0) is 16.1 Å². The van der Waals surface area contributed by atoms with Crippen LogP contribution in [-0.4, -0.2) is 25.6 Å². The van der Waals surface area contributed by atoms with E-state index in [1.807, 2.05) is 12.1 Å². The molecule has 0 heterocycles. The number of esters is 2. The number of nitrogens with one attached hydrogen (secondary N) is 1. The van der Waals surface area contributed by atoms with Crippen molar-refractivity contribution < 1.29 is 19.1 Å². The molecule has 5 nitrogen and oxygen atoms in total. The van der Waals surface area contributed by atoms with Gasteiger partial charge in [0.1, 0.15) is 6.61 Å². The van der Waals surface area contributed by atoms with Crippen molar-refractivity contribution in [3.05, 3.63) is 65.2 Å². The Bertz CT molecular complexity index is 680. The van der Waals surface area contributed by atoms with Crippen LogP contribution in [0.4, 0.5) is 5.69 Å². The molecule has 0 bridgehead atoms. The first-order valence-electron chi connectivity index (χ1n) is 7.35. The van der Waals surface area contributed by atoms with E-state index in [1.54, 1.807) is 50.4 Å². The van der Waals surface area contributed by atoms with Gasteiger partial charge in [0.15, 0.2) is 0 Å². The van der Waals surface area contributed by atoms with E-state index in [4.69, 9.17) is 9.47 Å². The van der Waals surface area contributed by atoms with Crippen molar-refractivity contribution in [1.29, 1.82) is 0 Å². The fraction of sp³-hybridized carbons (Fsp3) is 0.222. The van der Waals surface area contributed by atoms with Crippen molar-refractivity contribution >= 4 is 17.6 Å². The Kier molecular flexibility index (Phi) is 5.74. The summed E-state index contributed by atoms with van der Waals surface area (Å²) >= 11 is 0. The molecule has 0 aliphatic rings. The first-order valence-corrected chi connectivity index (χ1v) is 7.35. The van der Waals surface area contributed by atoms with Crippen LogP contribution in [0.25, 0.3) is 0 Å². The van der Waals surface area contributed by atoms with Crippen LogP contribution in [0.15, 0.2) is 48.5 Å². The molecule has 0 aliphatic heterocycles. The van der Waals surface area contributed by atoms with Crippen LogP contribution in [0.2, 0.25) is 0 Å². The second kappa shape index (κ2) is 7.98. The van der Waals surface area contributed by atoms with Crippen LogP contribution in [0.1, 0.15) is 33.2 Å². The molecular weight excluding hydrogens is 294 g/mol. The molecule has 0 spiro atoms. The Morgan fingerprint density at radius 3 is 2.30 bits per heavy atom. The lowest BCUT2D eigenvalue weighted by molar-refractivity contribution is 0.0470. The van der Waals surface area contributed by atoms with E-state index in [2.05, 4.69) is 5.32 Å². The molecule has 120 valence electrons. The van der Waals surface area contributed by atoms with Gasteiger partial charge in [0.2, 0.25) is 0 Å². The lowest BCUT2D eigenvalue weighted by atomic mass is 10.1. The van der Waals surface area contributed by atoms with E-state index < -0.39 is 5.97 Å². The first-order chi connectivity index (χ1) is 11.2. The van der Waals surface area contributed by atoms with Crippen LogP contribution < -0.4 is 5.32 Å². The summed E-state index contributed by atoms with van der Waals surface area (Å²) < 4.78 is 10.2. The van der Waals surface area contributed by atoms with Crippen molar-refractivity contribution in [3.63, 3.8) is 0 Å². The number of para-hydroxylation sites is 1.